The molecule has 1 fully saturated rings. The second-order valence-corrected chi connectivity index (χ2v) is 9.48. The SMILES string of the molecule is CC(C)C[C@@H](C(=O)NN(CC(C)C)C(=O)C1CCN1)[C@H](C/C=C/c1ccccc1)C(=O)NO. The fourth-order valence-electron chi connectivity index (χ4n) is 3.87. The number of carbonyl (C=O) groups excluding carboxylic acids is 3. The molecular weight excluding hydrogens is 420 g/mol. The average molecular weight is 459 g/mol. The van der Waals surface area contributed by atoms with Gasteiger partial charge in [-0.3, -0.25) is 30.0 Å². The Balaban J connectivity index is 2.21. The Morgan fingerprint density at radius 1 is 1.09 bits per heavy atom. The first-order valence-electron chi connectivity index (χ1n) is 11.7. The molecule has 8 heteroatoms. The molecule has 1 aliphatic rings. The van der Waals surface area contributed by atoms with E-state index in [4.69, 9.17) is 0 Å². The van der Waals surface area contributed by atoms with Gasteiger partial charge in [0, 0.05) is 6.54 Å². The molecule has 33 heavy (non-hydrogen) atoms. The van der Waals surface area contributed by atoms with Gasteiger partial charge in [0.1, 0.15) is 0 Å². The van der Waals surface area contributed by atoms with E-state index in [-0.39, 0.29) is 30.2 Å². The fourth-order valence-corrected chi connectivity index (χ4v) is 3.87. The van der Waals surface area contributed by atoms with Crippen molar-refractivity contribution in [1.82, 2.24) is 21.2 Å². The molecule has 0 aliphatic carbocycles. The number of benzene rings is 1. The first-order chi connectivity index (χ1) is 15.7. The van der Waals surface area contributed by atoms with Crippen molar-refractivity contribution >= 4 is 23.8 Å². The summed E-state index contributed by atoms with van der Waals surface area (Å²) in [5.74, 6) is -2.38. The Morgan fingerprint density at radius 3 is 2.27 bits per heavy atom. The minimum absolute atomic E-state index is 0.135. The number of carbonyl (C=O) groups is 3. The van der Waals surface area contributed by atoms with Crippen molar-refractivity contribution in [3.05, 3.63) is 42.0 Å². The number of nitrogens with zero attached hydrogens (tertiary/aromatic N) is 1. The summed E-state index contributed by atoms with van der Waals surface area (Å²) in [6.07, 6.45) is 5.17. The molecule has 0 spiro atoms. The predicted octanol–water partition coefficient (Wildman–Crippen LogP) is 2.75. The van der Waals surface area contributed by atoms with Crippen LogP contribution in [0.15, 0.2) is 36.4 Å². The van der Waals surface area contributed by atoms with Crippen molar-refractivity contribution in [2.75, 3.05) is 13.1 Å². The number of nitrogens with one attached hydrogen (secondary N) is 3. The minimum Gasteiger partial charge on any atom is -0.306 e. The quantitative estimate of drug-likeness (QED) is 0.301. The number of rotatable bonds is 11. The molecule has 2 rings (SSSR count). The van der Waals surface area contributed by atoms with Crippen molar-refractivity contribution in [2.45, 2.75) is 53.0 Å². The van der Waals surface area contributed by atoms with E-state index in [1.54, 1.807) is 5.48 Å². The number of allylic oxidation sites excluding steroid dienone is 1. The van der Waals surface area contributed by atoms with E-state index in [0.29, 0.717) is 13.0 Å². The number of hydrogen-bond acceptors (Lipinski definition) is 5. The summed E-state index contributed by atoms with van der Waals surface area (Å²) in [5, 5.41) is 13.8. The van der Waals surface area contributed by atoms with Gasteiger partial charge in [0.15, 0.2) is 0 Å². The number of hydrogen-bond donors (Lipinski definition) is 4. The third-order valence-corrected chi connectivity index (χ3v) is 5.68. The Hall–Kier alpha value is -2.71. The topological polar surface area (TPSA) is 111 Å². The van der Waals surface area contributed by atoms with Crippen LogP contribution < -0.4 is 16.2 Å². The van der Waals surface area contributed by atoms with Gasteiger partial charge in [0.05, 0.1) is 17.9 Å². The summed E-state index contributed by atoms with van der Waals surface area (Å²) in [7, 11) is 0. The molecule has 0 bridgehead atoms. The van der Waals surface area contributed by atoms with E-state index in [9.17, 15) is 19.6 Å². The molecule has 0 radical (unpaired) electrons. The normalized spacial score (nSPS) is 17.5. The van der Waals surface area contributed by atoms with Gasteiger partial charge >= 0.3 is 0 Å². The van der Waals surface area contributed by atoms with Crippen LogP contribution in [0.4, 0.5) is 0 Å². The van der Waals surface area contributed by atoms with Crippen LogP contribution in [0.2, 0.25) is 0 Å². The van der Waals surface area contributed by atoms with Crippen molar-refractivity contribution < 1.29 is 19.6 Å². The maximum Gasteiger partial charge on any atom is 0.258 e. The van der Waals surface area contributed by atoms with Gasteiger partial charge in [-0.15, -0.1) is 0 Å². The van der Waals surface area contributed by atoms with Crippen LogP contribution in [0.5, 0.6) is 0 Å². The highest BCUT2D eigenvalue weighted by atomic mass is 16.5. The molecule has 4 N–H and O–H groups in total. The maximum atomic E-state index is 13.4. The van der Waals surface area contributed by atoms with Gasteiger partial charge in [0.25, 0.3) is 5.91 Å². The Kier molecular flexibility index (Phi) is 10.5. The van der Waals surface area contributed by atoms with Gasteiger partial charge in [0.2, 0.25) is 11.8 Å². The van der Waals surface area contributed by atoms with E-state index >= 15 is 0 Å². The van der Waals surface area contributed by atoms with Gasteiger partial charge < -0.3 is 5.32 Å². The van der Waals surface area contributed by atoms with Crippen molar-refractivity contribution in [2.24, 2.45) is 23.7 Å². The zero-order chi connectivity index (χ0) is 24.4. The fraction of sp³-hybridized carbons (Fsp3) is 0.560. The van der Waals surface area contributed by atoms with Gasteiger partial charge in [-0.25, -0.2) is 5.48 Å². The molecule has 0 aromatic heterocycles. The number of hydrazine groups is 1. The Bertz CT molecular complexity index is 806. The van der Waals surface area contributed by atoms with E-state index in [2.05, 4.69) is 10.7 Å². The van der Waals surface area contributed by atoms with Gasteiger partial charge in [-0.2, -0.15) is 0 Å². The summed E-state index contributed by atoms with van der Waals surface area (Å²) >= 11 is 0. The van der Waals surface area contributed by atoms with E-state index < -0.39 is 23.7 Å². The first kappa shape index (κ1) is 26.5. The van der Waals surface area contributed by atoms with Crippen molar-refractivity contribution in [3.8, 4) is 0 Å². The highest BCUT2D eigenvalue weighted by Crippen LogP contribution is 2.26. The molecule has 1 unspecified atom stereocenters. The number of amides is 3. The van der Waals surface area contributed by atoms with Gasteiger partial charge in [-0.1, -0.05) is 70.2 Å². The molecule has 1 aliphatic heterocycles. The standard InChI is InChI=1S/C25H38N4O4/c1-17(2)15-21(20(24(31)28-33)12-8-11-19-9-6-5-7-10-19)23(30)27-29(16-18(3)4)25(32)22-13-14-26-22/h5-11,17-18,20-22,26,33H,12-16H2,1-4H3,(H,27,30)(H,28,31)/b11-8+/t20-,21+,22?/m0/s1. The van der Waals surface area contributed by atoms with Crippen molar-refractivity contribution in [1.29, 1.82) is 0 Å². The largest absolute Gasteiger partial charge is 0.306 e. The second kappa shape index (κ2) is 13.1. The zero-order valence-electron chi connectivity index (χ0n) is 20.1. The zero-order valence-corrected chi connectivity index (χ0v) is 20.1. The van der Waals surface area contributed by atoms with Crippen LogP contribution in [0.3, 0.4) is 0 Å². The maximum absolute atomic E-state index is 13.4. The third-order valence-electron chi connectivity index (χ3n) is 5.68. The van der Waals surface area contributed by atoms with Crippen molar-refractivity contribution in [3.63, 3.8) is 0 Å². The summed E-state index contributed by atoms with van der Waals surface area (Å²) in [4.78, 5) is 38.8. The molecule has 3 atom stereocenters. The molecule has 1 saturated heterocycles. The lowest BCUT2D eigenvalue weighted by Crippen LogP contribution is -2.60. The van der Waals surface area contributed by atoms with Gasteiger partial charge in [-0.05, 0) is 43.2 Å². The van der Waals surface area contributed by atoms with E-state index in [1.165, 1.54) is 5.01 Å². The third kappa shape index (κ3) is 8.29. The molecule has 0 saturated carbocycles. The predicted molar refractivity (Wildman–Crippen MR) is 128 cm³/mol. The summed E-state index contributed by atoms with van der Waals surface area (Å²) < 4.78 is 0. The van der Waals surface area contributed by atoms with Crippen LogP contribution >= 0.6 is 0 Å². The van der Waals surface area contributed by atoms with E-state index in [1.807, 2.05) is 70.2 Å². The molecular formula is C25H38N4O4. The molecule has 1 heterocycles. The van der Waals surface area contributed by atoms with Crippen LogP contribution in [0.1, 0.15) is 52.5 Å². The van der Waals surface area contributed by atoms with Crippen LogP contribution in [-0.4, -0.2) is 47.1 Å². The number of hydroxylamine groups is 1. The lowest BCUT2D eigenvalue weighted by molar-refractivity contribution is -0.149. The highest BCUT2D eigenvalue weighted by Gasteiger charge is 2.36. The second-order valence-electron chi connectivity index (χ2n) is 9.48. The minimum atomic E-state index is -0.782. The first-order valence-corrected chi connectivity index (χ1v) is 11.7. The molecule has 1 aromatic rings. The molecule has 3 amide bonds. The lowest BCUT2D eigenvalue weighted by Gasteiger charge is -2.35. The molecule has 1 aromatic carbocycles. The van der Waals surface area contributed by atoms with Crippen LogP contribution in [0, 0.1) is 23.7 Å². The van der Waals surface area contributed by atoms with Crippen LogP contribution in [0.25, 0.3) is 6.08 Å². The van der Waals surface area contributed by atoms with E-state index in [0.717, 1.165) is 18.5 Å². The highest BCUT2D eigenvalue weighted by molar-refractivity contribution is 5.90. The monoisotopic (exact) mass is 458 g/mol. The summed E-state index contributed by atoms with van der Waals surface area (Å²) in [5.41, 5.74) is 5.49. The lowest BCUT2D eigenvalue weighted by atomic mass is 9.82. The smallest absolute Gasteiger partial charge is 0.258 e. The molecule has 8 nitrogen and oxygen atoms in total. The average Bonchev–Trinajstić information content (AvgIpc) is 2.73. The van der Waals surface area contributed by atoms with Crippen LogP contribution in [-0.2, 0) is 14.4 Å². The molecule has 182 valence electrons. The Morgan fingerprint density at radius 2 is 1.76 bits per heavy atom. The summed E-state index contributed by atoms with van der Waals surface area (Å²) in [6.45, 7) is 9.06. The Labute approximate surface area is 196 Å². The summed E-state index contributed by atoms with van der Waals surface area (Å²) in [6, 6.07) is 9.36.